The Hall–Kier alpha value is -3.92. The van der Waals surface area contributed by atoms with Crippen LogP contribution in [0.4, 0.5) is 10.1 Å². The number of amides is 2. The Morgan fingerprint density at radius 3 is 2.12 bits per heavy atom. The lowest BCUT2D eigenvalue weighted by Gasteiger charge is -2.33. The number of hydrogen-bond acceptors (Lipinski definition) is 5. The fraction of sp³-hybridized carbons (Fsp3) is 0.355. The average molecular weight is 584 g/mol. The molecular formula is C31H38FN3O5S. The second-order valence-corrected chi connectivity index (χ2v) is 12.5. The first kappa shape index (κ1) is 31.6. The third-order valence-corrected chi connectivity index (χ3v) is 8.05. The monoisotopic (exact) mass is 583 g/mol. The van der Waals surface area contributed by atoms with Gasteiger partial charge >= 0.3 is 0 Å². The molecular weight excluding hydrogens is 545 g/mol. The van der Waals surface area contributed by atoms with Crippen molar-refractivity contribution in [1.29, 1.82) is 0 Å². The summed E-state index contributed by atoms with van der Waals surface area (Å²) in [7, 11) is -4.26. The quantitative estimate of drug-likeness (QED) is 0.331. The molecule has 0 saturated carbocycles. The molecule has 3 aromatic carbocycles. The molecule has 0 aliphatic carbocycles. The van der Waals surface area contributed by atoms with Crippen LogP contribution in [-0.2, 0) is 26.0 Å². The standard InChI is InChI=1S/C31H38FN3O5S/c1-6-40-27-16-18-28(19-17-27)41(38,39)35(26-14-12-25(32)13-15-26)22-29(36)34(21-20-24-10-8-7-9-11-24)23(2)30(37)33-31(3,4)5/h7-19,23H,6,20-22H2,1-5H3,(H,33,37)/t23-/m0/s1. The van der Waals surface area contributed by atoms with E-state index in [0.29, 0.717) is 18.8 Å². The second kappa shape index (κ2) is 13.6. The lowest BCUT2D eigenvalue weighted by Crippen LogP contribution is -2.55. The topological polar surface area (TPSA) is 96.0 Å². The summed E-state index contributed by atoms with van der Waals surface area (Å²) >= 11 is 0. The van der Waals surface area contributed by atoms with E-state index in [1.165, 1.54) is 41.3 Å². The number of carbonyl (C=O) groups is 2. The van der Waals surface area contributed by atoms with Gasteiger partial charge in [-0.05, 0) is 95.1 Å². The second-order valence-electron chi connectivity index (χ2n) is 10.6. The van der Waals surface area contributed by atoms with E-state index in [4.69, 9.17) is 4.74 Å². The van der Waals surface area contributed by atoms with Gasteiger partial charge in [-0.1, -0.05) is 30.3 Å². The Kier molecular flexibility index (Phi) is 10.5. The Labute approximate surface area is 242 Å². The highest BCUT2D eigenvalue weighted by Gasteiger charge is 2.33. The van der Waals surface area contributed by atoms with Crippen LogP contribution < -0.4 is 14.4 Å². The molecule has 1 N–H and O–H groups in total. The summed E-state index contributed by atoms with van der Waals surface area (Å²) in [5.41, 5.74) is 0.547. The van der Waals surface area contributed by atoms with Gasteiger partial charge in [0.2, 0.25) is 11.8 Å². The van der Waals surface area contributed by atoms with Gasteiger partial charge in [-0.2, -0.15) is 0 Å². The molecule has 41 heavy (non-hydrogen) atoms. The van der Waals surface area contributed by atoms with Gasteiger partial charge in [0.05, 0.1) is 17.2 Å². The third kappa shape index (κ3) is 8.78. The number of nitrogens with zero attached hydrogens (tertiary/aromatic N) is 2. The van der Waals surface area contributed by atoms with E-state index < -0.39 is 39.9 Å². The maximum Gasteiger partial charge on any atom is 0.264 e. The number of halogens is 1. The predicted octanol–water partition coefficient (Wildman–Crippen LogP) is 4.79. The van der Waals surface area contributed by atoms with Gasteiger partial charge in [-0.3, -0.25) is 13.9 Å². The van der Waals surface area contributed by atoms with E-state index in [9.17, 15) is 22.4 Å². The minimum absolute atomic E-state index is 0.0626. The zero-order valence-corrected chi connectivity index (χ0v) is 24.9. The molecule has 0 saturated heterocycles. The number of carbonyl (C=O) groups excluding carboxylic acids is 2. The zero-order valence-electron chi connectivity index (χ0n) is 24.1. The van der Waals surface area contributed by atoms with Crippen molar-refractivity contribution in [3.8, 4) is 5.75 Å². The van der Waals surface area contributed by atoms with Crippen LogP contribution in [0.3, 0.4) is 0 Å². The number of benzene rings is 3. The van der Waals surface area contributed by atoms with Crippen LogP contribution in [0.2, 0.25) is 0 Å². The fourth-order valence-corrected chi connectivity index (χ4v) is 5.60. The first-order valence-corrected chi connectivity index (χ1v) is 14.9. The van der Waals surface area contributed by atoms with Crippen molar-refractivity contribution in [3.05, 3.63) is 90.2 Å². The first-order chi connectivity index (χ1) is 19.3. The van der Waals surface area contributed by atoms with Crippen molar-refractivity contribution < 1.29 is 27.1 Å². The van der Waals surface area contributed by atoms with Crippen molar-refractivity contribution in [2.75, 3.05) is 24.0 Å². The van der Waals surface area contributed by atoms with E-state index in [2.05, 4.69) is 5.32 Å². The predicted molar refractivity (Wildman–Crippen MR) is 158 cm³/mol. The highest BCUT2D eigenvalue weighted by atomic mass is 32.2. The van der Waals surface area contributed by atoms with Crippen molar-refractivity contribution in [2.45, 2.75) is 57.5 Å². The maximum absolute atomic E-state index is 13.9. The van der Waals surface area contributed by atoms with Crippen LogP contribution in [0.5, 0.6) is 5.75 Å². The van der Waals surface area contributed by atoms with Gasteiger partial charge in [0, 0.05) is 12.1 Å². The highest BCUT2D eigenvalue weighted by Crippen LogP contribution is 2.26. The Bertz CT molecular complexity index is 1410. The molecule has 1 atom stereocenters. The van der Waals surface area contributed by atoms with Gasteiger partial charge in [0.1, 0.15) is 24.2 Å². The fourth-order valence-electron chi connectivity index (χ4n) is 4.18. The van der Waals surface area contributed by atoms with Crippen LogP contribution in [0.1, 0.15) is 40.2 Å². The Balaban J connectivity index is 1.98. The average Bonchev–Trinajstić information content (AvgIpc) is 2.92. The molecule has 0 radical (unpaired) electrons. The number of hydrogen-bond donors (Lipinski definition) is 1. The van der Waals surface area contributed by atoms with E-state index in [0.717, 1.165) is 22.0 Å². The van der Waals surface area contributed by atoms with Crippen LogP contribution in [-0.4, -0.2) is 56.4 Å². The van der Waals surface area contributed by atoms with Crippen LogP contribution in [0.15, 0.2) is 83.8 Å². The lowest BCUT2D eigenvalue weighted by molar-refractivity contribution is -0.139. The molecule has 0 heterocycles. The summed E-state index contributed by atoms with van der Waals surface area (Å²) in [5, 5.41) is 2.90. The molecule has 8 nitrogen and oxygen atoms in total. The van der Waals surface area contributed by atoms with Crippen LogP contribution in [0, 0.1) is 5.82 Å². The molecule has 2 amide bonds. The summed E-state index contributed by atoms with van der Waals surface area (Å²) in [5.74, 6) is -0.977. The van der Waals surface area contributed by atoms with Crippen LogP contribution in [0.25, 0.3) is 0 Å². The number of ether oxygens (including phenoxy) is 1. The normalized spacial score (nSPS) is 12.3. The lowest BCUT2D eigenvalue weighted by atomic mass is 10.1. The molecule has 3 rings (SSSR count). The zero-order chi connectivity index (χ0) is 30.2. The minimum Gasteiger partial charge on any atom is -0.494 e. The van der Waals surface area contributed by atoms with E-state index >= 15 is 0 Å². The molecule has 0 unspecified atom stereocenters. The number of nitrogens with one attached hydrogen (secondary N) is 1. The largest absolute Gasteiger partial charge is 0.494 e. The summed E-state index contributed by atoms with van der Waals surface area (Å²) in [6, 6.07) is 19.4. The van der Waals surface area contributed by atoms with Gasteiger partial charge in [0.15, 0.2) is 0 Å². The molecule has 0 aliphatic rings. The van der Waals surface area contributed by atoms with Gasteiger partial charge in [0.25, 0.3) is 10.0 Å². The first-order valence-electron chi connectivity index (χ1n) is 13.5. The van der Waals surface area contributed by atoms with E-state index in [1.54, 1.807) is 6.92 Å². The van der Waals surface area contributed by atoms with Crippen molar-refractivity contribution in [2.24, 2.45) is 0 Å². The van der Waals surface area contributed by atoms with Crippen molar-refractivity contribution in [3.63, 3.8) is 0 Å². The summed E-state index contributed by atoms with van der Waals surface area (Å²) in [6.45, 7) is 8.97. The van der Waals surface area contributed by atoms with Crippen molar-refractivity contribution in [1.82, 2.24) is 10.2 Å². The van der Waals surface area contributed by atoms with E-state index in [1.807, 2.05) is 58.0 Å². The third-order valence-electron chi connectivity index (χ3n) is 6.27. The molecule has 0 aliphatic heterocycles. The number of anilines is 1. The number of rotatable bonds is 12. The van der Waals surface area contributed by atoms with Crippen molar-refractivity contribution >= 4 is 27.5 Å². The van der Waals surface area contributed by atoms with Gasteiger partial charge in [-0.15, -0.1) is 0 Å². The molecule has 0 spiro atoms. The molecule has 0 fully saturated rings. The highest BCUT2D eigenvalue weighted by molar-refractivity contribution is 7.92. The molecule has 220 valence electrons. The SMILES string of the molecule is CCOc1ccc(S(=O)(=O)N(CC(=O)N(CCc2ccccc2)[C@@H](C)C(=O)NC(C)(C)C)c2ccc(F)cc2)cc1. The van der Waals surface area contributed by atoms with E-state index in [-0.39, 0.29) is 23.0 Å². The summed E-state index contributed by atoms with van der Waals surface area (Å²) in [4.78, 5) is 28.3. The smallest absolute Gasteiger partial charge is 0.264 e. The Morgan fingerprint density at radius 2 is 1.56 bits per heavy atom. The number of sulfonamides is 1. The maximum atomic E-state index is 13.9. The molecule has 10 heteroatoms. The summed E-state index contributed by atoms with van der Waals surface area (Å²) in [6.07, 6.45) is 0.460. The van der Waals surface area contributed by atoms with Gasteiger partial charge in [-0.25, -0.2) is 12.8 Å². The molecule has 0 aromatic heterocycles. The minimum atomic E-state index is -4.26. The van der Waals surface area contributed by atoms with Gasteiger partial charge < -0.3 is 15.0 Å². The Morgan fingerprint density at radius 1 is 0.951 bits per heavy atom. The molecule has 3 aromatic rings. The molecule has 0 bridgehead atoms. The van der Waals surface area contributed by atoms with Crippen LogP contribution >= 0.6 is 0 Å². The summed E-state index contributed by atoms with van der Waals surface area (Å²) < 4.78 is 47.8.